The summed E-state index contributed by atoms with van der Waals surface area (Å²) in [6.07, 6.45) is 2.83. The highest BCUT2D eigenvalue weighted by Gasteiger charge is 2.14. The molecular weight excluding hydrogens is 176 g/mol. The van der Waals surface area contributed by atoms with Gasteiger partial charge < -0.3 is 4.74 Å². The highest BCUT2D eigenvalue weighted by Crippen LogP contribution is 2.19. The minimum atomic E-state index is 0.312. The van der Waals surface area contributed by atoms with E-state index in [0.29, 0.717) is 5.78 Å². The average Bonchev–Trinajstić information content (AvgIpc) is 2.20. The van der Waals surface area contributed by atoms with Crippen LogP contribution in [0.2, 0.25) is 0 Å². The summed E-state index contributed by atoms with van der Waals surface area (Å²) in [5.74, 6) is 0.312. The second-order valence-electron chi connectivity index (χ2n) is 3.34. The number of carbonyl (C=O) groups is 1. The van der Waals surface area contributed by atoms with Gasteiger partial charge in [-0.25, -0.2) is 0 Å². The first kappa shape index (κ1) is 10.9. The Kier molecular flexibility index (Phi) is 4.33. The summed E-state index contributed by atoms with van der Waals surface area (Å²) in [6, 6.07) is 7.91. The highest BCUT2D eigenvalue weighted by molar-refractivity contribution is 5.98. The number of hydrogen-bond acceptors (Lipinski definition) is 2. The van der Waals surface area contributed by atoms with E-state index in [4.69, 9.17) is 0 Å². The Labute approximate surface area is 84.9 Å². The molecule has 2 heteroatoms. The van der Waals surface area contributed by atoms with Gasteiger partial charge in [-0.2, -0.15) is 0 Å². The third-order valence-corrected chi connectivity index (χ3v) is 2.17. The van der Waals surface area contributed by atoms with Crippen molar-refractivity contribution < 1.29 is 9.53 Å². The molecule has 0 aliphatic heterocycles. The molecule has 1 aliphatic rings. The van der Waals surface area contributed by atoms with Crippen molar-refractivity contribution in [3.05, 3.63) is 35.4 Å². The lowest BCUT2D eigenvalue weighted by atomic mass is 9.91. The topological polar surface area (TPSA) is 26.3 Å². The minimum Gasteiger partial charge on any atom is -0.388 e. The summed E-state index contributed by atoms with van der Waals surface area (Å²) in [5.41, 5.74) is 2.17. The largest absolute Gasteiger partial charge is 0.388 e. The Balaban J connectivity index is 0.000000293. The van der Waals surface area contributed by atoms with Crippen molar-refractivity contribution in [2.24, 2.45) is 0 Å². The van der Waals surface area contributed by atoms with Gasteiger partial charge in [-0.3, -0.25) is 4.79 Å². The third kappa shape index (κ3) is 2.67. The molecule has 0 N–H and O–H groups in total. The second-order valence-corrected chi connectivity index (χ2v) is 3.34. The normalized spacial score (nSPS) is 14.0. The summed E-state index contributed by atoms with van der Waals surface area (Å²) in [4.78, 5) is 11.3. The fourth-order valence-corrected chi connectivity index (χ4v) is 1.58. The fourth-order valence-electron chi connectivity index (χ4n) is 1.58. The Morgan fingerprint density at radius 1 is 1.14 bits per heavy atom. The Morgan fingerprint density at radius 3 is 2.43 bits per heavy atom. The van der Waals surface area contributed by atoms with E-state index in [2.05, 4.69) is 4.74 Å². The summed E-state index contributed by atoms with van der Waals surface area (Å²) < 4.78 is 4.25. The monoisotopic (exact) mass is 192 g/mol. The molecule has 0 saturated carbocycles. The van der Waals surface area contributed by atoms with E-state index < -0.39 is 0 Å². The predicted octanol–water partition coefficient (Wildman–Crippen LogP) is 2.47. The van der Waals surface area contributed by atoms with Gasteiger partial charge in [0.2, 0.25) is 0 Å². The van der Waals surface area contributed by atoms with Crippen molar-refractivity contribution in [1.82, 2.24) is 0 Å². The summed E-state index contributed by atoms with van der Waals surface area (Å²) in [7, 11) is 3.25. The quantitative estimate of drug-likeness (QED) is 0.631. The van der Waals surface area contributed by atoms with Crippen LogP contribution >= 0.6 is 0 Å². The number of Topliss-reactive ketones (excluding diaryl/α,β-unsaturated/α-hetero) is 1. The van der Waals surface area contributed by atoms with Crippen LogP contribution in [0.25, 0.3) is 0 Å². The fraction of sp³-hybridized carbons (Fsp3) is 0.417. The number of fused-ring (bicyclic) bond motifs is 1. The van der Waals surface area contributed by atoms with Crippen LogP contribution in [-0.2, 0) is 11.2 Å². The second kappa shape index (κ2) is 5.55. The Bertz CT molecular complexity index is 305. The van der Waals surface area contributed by atoms with Crippen LogP contribution < -0.4 is 0 Å². The molecule has 0 heterocycles. The van der Waals surface area contributed by atoms with Crippen LogP contribution in [0, 0.1) is 0 Å². The van der Waals surface area contributed by atoms with Crippen molar-refractivity contribution in [2.75, 3.05) is 14.2 Å². The lowest BCUT2D eigenvalue weighted by Crippen LogP contribution is -2.09. The third-order valence-electron chi connectivity index (χ3n) is 2.17. The van der Waals surface area contributed by atoms with Crippen LogP contribution in [0.1, 0.15) is 28.8 Å². The van der Waals surface area contributed by atoms with Gasteiger partial charge in [-0.1, -0.05) is 24.3 Å². The molecule has 0 saturated heterocycles. The highest BCUT2D eigenvalue weighted by atomic mass is 16.4. The van der Waals surface area contributed by atoms with E-state index in [1.165, 1.54) is 5.56 Å². The first-order chi connectivity index (χ1) is 6.79. The molecule has 0 fully saturated rings. The first-order valence-electron chi connectivity index (χ1n) is 4.81. The zero-order chi connectivity index (χ0) is 10.4. The summed E-state index contributed by atoms with van der Waals surface area (Å²) >= 11 is 0. The summed E-state index contributed by atoms with van der Waals surface area (Å²) in [5, 5.41) is 0. The van der Waals surface area contributed by atoms with Gasteiger partial charge >= 0.3 is 0 Å². The predicted molar refractivity (Wildman–Crippen MR) is 56.6 cm³/mol. The van der Waals surface area contributed by atoms with Gasteiger partial charge in [-0.15, -0.1) is 0 Å². The van der Waals surface area contributed by atoms with E-state index >= 15 is 0 Å². The van der Waals surface area contributed by atoms with Crippen molar-refractivity contribution >= 4 is 5.78 Å². The van der Waals surface area contributed by atoms with Crippen LogP contribution in [0.5, 0.6) is 0 Å². The smallest absolute Gasteiger partial charge is 0.163 e. The van der Waals surface area contributed by atoms with Crippen LogP contribution in [-0.4, -0.2) is 20.0 Å². The Morgan fingerprint density at radius 2 is 1.79 bits per heavy atom. The molecule has 0 atom stereocenters. The maximum atomic E-state index is 11.3. The lowest BCUT2D eigenvalue weighted by Gasteiger charge is -2.12. The number of carbonyl (C=O) groups excluding carboxylic acids is 1. The number of aryl methyl sites for hydroxylation is 1. The van der Waals surface area contributed by atoms with Gasteiger partial charge in [0.1, 0.15) is 0 Å². The molecule has 0 amide bonds. The molecule has 0 radical (unpaired) electrons. The molecule has 0 spiro atoms. The van der Waals surface area contributed by atoms with Crippen molar-refractivity contribution in [3.63, 3.8) is 0 Å². The van der Waals surface area contributed by atoms with Gasteiger partial charge in [0, 0.05) is 26.2 Å². The lowest BCUT2D eigenvalue weighted by molar-refractivity contribution is 0.0972. The number of methoxy groups -OCH3 is 1. The number of ketones is 1. The SMILES string of the molecule is COC.O=C1CCCc2ccccc21. The van der Waals surface area contributed by atoms with E-state index in [9.17, 15) is 4.79 Å². The molecule has 0 unspecified atom stereocenters. The van der Waals surface area contributed by atoms with Crippen LogP contribution in [0.3, 0.4) is 0 Å². The molecule has 1 aliphatic carbocycles. The molecule has 0 aromatic heterocycles. The van der Waals surface area contributed by atoms with E-state index in [1.54, 1.807) is 14.2 Å². The molecule has 76 valence electrons. The molecular formula is C12H16O2. The van der Waals surface area contributed by atoms with E-state index in [0.717, 1.165) is 24.8 Å². The number of hydrogen-bond donors (Lipinski definition) is 0. The van der Waals surface area contributed by atoms with Crippen molar-refractivity contribution in [3.8, 4) is 0 Å². The van der Waals surface area contributed by atoms with Gasteiger partial charge in [0.15, 0.2) is 5.78 Å². The van der Waals surface area contributed by atoms with E-state index in [1.807, 2.05) is 24.3 Å². The zero-order valence-corrected chi connectivity index (χ0v) is 8.75. The zero-order valence-electron chi connectivity index (χ0n) is 8.75. The maximum absolute atomic E-state index is 11.3. The average molecular weight is 192 g/mol. The molecule has 2 nitrogen and oxygen atoms in total. The number of rotatable bonds is 0. The van der Waals surface area contributed by atoms with Gasteiger partial charge in [-0.05, 0) is 18.4 Å². The van der Waals surface area contributed by atoms with Crippen molar-refractivity contribution in [2.45, 2.75) is 19.3 Å². The standard InChI is InChI=1S/C10H10O.C2H6O/c11-10-7-3-5-8-4-1-2-6-9(8)10;1-3-2/h1-2,4,6H,3,5,7H2;1-2H3. The van der Waals surface area contributed by atoms with Crippen molar-refractivity contribution in [1.29, 1.82) is 0 Å². The number of ether oxygens (including phenoxy) is 1. The molecule has 2 rings (SSSR count). The maximum Gasteiger partial charge on any atom is 0.163 e. The van der Waals surface area contributed by atoms with Gasteiger partial charge in [0.25, 0.3) is 0 Å². The van der Waals surface area contributed by atoms with Crippen LogP contribution in [0.15, 0.2) is 24.3 Å². The van der Waals surface area contributed by atoms with Gasteiger partial charge in [0.05, 0.1) is 0 Å². The number of benzene rings is 1. The molecule has 14 heavy (non-hydrogen) atoms. The Hall–Kier alpha value is -1.15. The molecule has 0 bridgehead atoms. The first-order valence-corrected chi connectivity index (χ1v) is 4.81. The molecule has 1 aromatic rings. The minimum absolute atomic E-state index is 0.312. The van der Waals surface area contributed by atoms with Crippen LogP contribution in [0.4, 0.5) is 0 Å². The van der Waals surface area contributed by atoms with E-state index in [-0.39, 0.29) is 0 Å². The molecule has 1 aromatic carbocycles. The summed E-state index contributed by atoms with van der Waals surface area (Å²) in [6.45, 7) is 0.